The summed E-state index contributed by atoms with van der Waals surface area (Å²) >= 11 is 0. The molecule has 106 valence electrons. The van der Waals surface area contributed by atoms with Crippen molar-refractivity contribution in [1.82, 2.24) is 4.98 Å². The molecule has 0 amide bonds. The molecule has 0 spiro atoms. The van der Waals surface area contributed by atoms with E-state index in [-0.39, 0.29) is 5.78 Å². The zero-order valence-corrected chi connectivity index (χ0v) is 11.7. The number of ketones is 1. The van der Waals surface area contributed by atoms with Crippen LogP contribution in [0.15, 0.2) is 39.5 Å². The van der Waals surface area contributed by atoms with Crippen molar-refractivity contribution in [3.63, 3.8) is 0 Å². The number of aromatic amines is 1. The van der Waals surface area contributed by atoms with Gasteiger partial charge in [-0.1, -0.05) is 6.07 Å². The van der Waals surface area contributed by atoms with Gasteiger partial charge in [-0.05, 0) is 49.2 Å². The lowest BCUT2D eigenvalue weighted by atomic mass is 9.96. The van der Waals surface area contributed by atoms with Crippen molar-refractivity contribution in [3.8, 4) is 0 Å². The number of hydrogen-bond acceptors (Lipinski definition) is 4. The Bertz CT molecular complexity index is 919. The van der Waals surface area contributed by atoms with Crippen LogP contribution in [0.2, 0.25) is 0 Å². The van der Waals surface area contributed by atoms with Gasteiger partial charge < -0.3 is 10.2 Å². The van der Waals surface area contributed by atoms with E-state index in [1.165, 1.54) is 0 Å². The highest BCUT2D eigenvalue weighted by atomic mass is 16.4. The number of aryl methyl sites for hydroxylation is 2. The van der Waals surface area contributed by atoms with E-state index in [0.717, 1.165) is 11.1 Å². The number of nitrogens with two attached hydrogens (primary N) is 1. The molecular formula is C16H14N2O3. The van der Waals surface area contributed by atoms with Crippen LogP contribution in [0, 0.1) is 13.8 Å². The molecule has 0 saturated heterocycles. The first-order valence-corrected chi connectivity index (χ1v) is 6.50. The minimum atomic E-state index is -0.537. The first kappa shape index (κ1) is 13.2. The first-order valence-electron chi connectivity index (χ1n) is 6.50. The van der Waals surface area contributed by atoms with Crippen molar-refractivity contribution in [3.05, 3.63) is 63.1 Å². The standard InChI is InChI=1S/C16H14N2O3/c1-8-5-9(2)12(17)7-11(8)15(19)10-3-4-13-14(6-10)21-16(20)18-13/h3-7H,17H2,1-2H3,(H,18,20). The molecule has 0 fully saturated rings. The second kappa shape index (κ2) is 4.63. The zero-order chi connectivity index (χ0) is 15.1. The summed E-state index contributed by atoms with van der Waals surface area (Å²) in [6.45, 7) is 3.77. The summed E-state index contributed by atoms with van der Waals surface area (Å²) in [6.07, 6.45) is 0. The number of nitrogens with one attached hydrogen (secondary N) is 1. The van der Waals surface area contributed by atoms with Gasteiger partial charge in [0.2, 0.25) is 0 Å². The normalized spacial score (nSPS) is 11.0. The van der Waals surface area contributed by atoms with Crippen molar-refractivity contribution in [1.29, 1.82) is 0 Å². The molecule has 21 heavy (non-hydrogen) atoms. The summed E-state index contributed by atoms with van der Waals surface area (Å²) < 4.78 is 4.98. The average Bonchev–Trinajstić information content (AvgIpc) is 2.81. The molecule has 0 radical (unpaired) electrons. The quantitative estimate of drug-likeness (QED) is 0.558. The SMILES string of the molecule is Cc1cc(C)c(C(=O)c2ccc3[nH]c(=O)oc3c2)cc1N. The smallest absolute Gasteiger partial charge is 0.408 e. The lowest BCUT2D eigenvalue weighted by Gasteiger charge is -2.08. The Labute approximate surface area is 120 Å². The maximum absolute atomic E-state index is 12.6. The highest BCUT2D eigenvalue weighted by molar-refractivity contribution is 6.11. The first-order chi connectivity index (χ1) is 9.95. The molecule has 0 atom stereocenters. The average molecular weight is 282 g/mol. The summed E-state index contributed by atoms with van der Waals surface area (Å²) in [5.74, 6) is -0.685. The van der Waals surface area contributed by atoms with Crippen LogP contribution in [-0.2, 0) is 0 Å². The largest absolute Gasteiger partial charge is 0.417 e. The van der Waals surface area contributed by atoms with Crippen molar-refractivity contribution < 1.29 is 9.21 Å². The van der Waals surface area contributed by atoms with E-state index < -0.39 is 5.76 Å². The predicted molar refractivity (Wildman–Crippen MR) is 80.6 cm³/mol. The fraction of sp³-hybridized carbons (Fsp3) is 0.125. The van der Waals surface area contributed by atoms with Gasteiger partial charge in [0.15, 0.2) is 11.4 Å². The van der Waals surface area contributed by atoms with E-state index in [9.17, 15) is 9.59 Å². The summed E-state index contributed by atoms with van der Waals surface area (Å²) in [5.41, 5.74) is 10.2. The Morgan fingerprint density at radius 1 is 1.14 bits per heavy atom. The summed E-state index contributed by atoms with van der Waals surface area (Å²) in [6, 6.07) is 8.44. The van der Waals surface area contributed by atoms with Crippen LogP contribution >= 0.6 is 0 Å². The molecule has 5 heteroatoms. The van der Waals surface area contributed by atoms with Crippen molar-refractivity contribution in [2.24, 2.45) is 0 Å². The van der Waals surface area contributed by atoms with Crippen molar-refractivity contribution >= 4 is 22.6 Å². The molecular weight excluding hydrogens is 268 g/mol. The van der Waals surface area contributed by atoms with Crippen molar-refractivity contribution in [2.75, 3.05) is 5.73 Å². The summed E-state index contributed by atoms with van der Waals surface area (Å²) in [7, 11) is 0. The van der Waals surface area contributed by atoms with Crippen LogP contribution in [0.3, 0.4) is 0 Å². The Hall–Kier alpha value is -2.82. The molecule has 2 aromatic carbocycles. The summed E-state index contributed by atoms with van der Waals surface area (Å²) in [4.78, 5) is 26.3. The van der Waals surface area contributed by atoms with Gasteiger partial charge in [-0.2, -0.15) is 0 Å². The number of benzene rings is 2. The van der Waals surface area contributed by atoms with E-state index >= 15 is 0 Å². The number of carbonyl (C=O) groups excluding carboxylic acids is 1. The number of aromatic nitrogens is 1. The monoisotopic (exact) mass is 282 g/mol. The molecule has 0 unspecified atom stereocenters. The topological polar surface area (TPSA) is 89.1 Å². The number of rotatable bonds is 2. The third-order valence-electron chi connectivity index (χ3n) is 3.54. The Balaban J connectivity index is 2.11. The lowest BCUT2D eigenvalue weighted by Crippen LogP contribution is -2.05. The minimum absolute atomic E-state index is 0.148. The maximum atomic E-state index is 12.6. The fourth-order valence-corrected chi connectivity index (χ4v) is 2.36. The van der Waals surface area contributed by atoms with Crippen LogP contribution in [0.25, 0.3) is 11.1 Å². The van der Waals surface area contributed by atoms with Gasteiger partial charge in [-0.15, -0.1) is 0 Å². The second-order valence-corrected chi connectivity index (χ2v) is 5.08. The number of carbonyl (C=O) groups is 1. The van der Waals surface area contributed by atoms with E-state index in [1.54, 1.807) is 24.3 Å². The number of oxazole rings is 1. The lowest BCUT2D eigenvalue weighted by molar-refractivity contribution is 0.103. The van der Waals surface area contributed by atoms with Gasteiger partial charge >= 0.3 is 5.76 Å². The van der Waals surface area contributed by atoms with Crippen LogP contribution in [-0.4, -0.2) is 10.8 Å². The number of hydrogen-bond donors (Lipinski definition) is 2. The third kappa shape index (κ3) is 2.23. The number of anilines is 1. The molecule has 3 rings (SSSR count). The molecule has 5 nitrogen and oxygen atoms in total. The van der Waals surface area contributed by atoms with Crippen LogP contribution in [0.4, 0.5) is 5.69 Å². The molecule has 3 N–H and O–H groups in total. The van der Waals surface area contributed by atoms with Crippen LogP contribution < -0.4 is 11.5 Å². The molecule has 0 aliphatic rings. The molecule has 0 bridgehead atoms. The van der Waals surface area contributed by atoms with E-state index in [2.05, 4.69) is 4.98 Å². The molecule has 1 heterocycles. The Morgan fingerprint density at radius 3 is 2.67 bits per heavy atom. The Morgan fingerprint density at radius 2 is 1.90 bits per heavy atom. The van der Waals surface area contributed by atoms with Gasteiger partial charge in [0.1, 0.15) is 0 Å². The number of H-pyrrole nitrogens is 1. The molecule has 1 aromatic heterocycles. The van der Waals surface area contributed by atoms with Gasteiger partial charge in [0.05, 0.1) is 5.52 Å². The van der Waals surface area contributed by atoms with Crippen molar-refractivity contribution in [2.45, 2.75) is 13.8 Å². The highest BCUT2D eigenvalue weighted by Crippen LogP contribution is 2.22. The molecule has 3 aromatic rings. The van der Waals surface area contributed by atoms with Crippen LogP contribution in [0.5, 0.6) is 0 Å². The second-order valence-electron chi connectivity index (χ2n) is 5.08. The molecule has 0 aliphatic heterocycles. The number of fused-ring (bicyclic) bond motifs is 1. The highest BCUT2D eigenvalue weighted by Gasteiger charge is 2.15. The fourth-order valence-electron chi connectivity index (χ4n) is 2.36. The van der Waals surface area contributed by atoms with Crippen LogP contribution in [0.1, 0.15) is 27.0 Å². The van der Waals surface area contributed by atoms with Gasteiger partial charge in [-0.3, -0.25) is 9.78 Å². The third-order valence-corrected chi connectivity index (χ3v) is 3.54. The van der Waals surface area contributed by atoms with Gasteiger partial charge in [0.25, 0.3) is 0 Å². The number of nitrogen functional groups attached to an aromatic ring is 1. The summed E-state index contributed by atoms with van der Waals surface area (Å²) in [5, 5.41) is 0. The van der Waals surface area contributed by atoms with Gasteiger partial charge in [-0.25, -0.2) is 4.79 Å². The minimum Gasteiger partial charge on any atom is -0.408 e. The van der Waals surface area contributed by atoms with E-state index in [1.807, 2.05) is 19.9 Å². The zero-order valence-electron chi connectivity index (χ0n) is 11.7. The van der Waals surface area contributed by atoms with E-state index in [0.29, 0.717) is 27.9 Å². The maximum Gasteiger partial charge on any atom is 0.417 e. The van der Waals surface area contributed by atoms with E-state index in [4.69, 9.17) is 10.2 Å². The van der Waals surface area contributed by atoms with Gasteiger partial charge in [0, 0.05) is 16.8 Å². The Kier molecular flexibility index (Phi) is 2.90. The molecule has 0 aliphatic carbocycles. The predicted octanol–water partition coefficient (Wildman–Crippen LogP) is 2.55. The molecule has 0 saturated carbocycles.